The van der Waals surface area contributed by atoms with Gasteiger partial charge in [-0.2, -0.15) is 0 Å². The van der Waals surface area contributed by atoms with Gasteiger partial charge in [-0.05, 0) is 55.2 Å². The predicted molar refractivity (Wildman–Crippen MR) is 96.0 cm³/mol. The summed E-state index contributed by atoms with van der Waals surface area (Å²) >= 11 is 3.50. The number of hydrogen-bond donors (Lipinski definition) is 0. The second kappa shape index (κ2) is 7.64. The van der Waals surface area contributed by atoms with Gasteiger partial charge in [0.2, 0.25) is 5.91 Å². The highest BCUT2D eigenvalue weighted by Crippen LogP contribution is 2.30. The molecule has 1 aliphatic heterocycles. The van der Waals surface area contributed by atoms with E-state index in [-0.39, 0.29) is 5.91 Å². The summed E-state index contributed by atoms with van der Waals surface area (Å²) in [5.41, 5.74) is 2.31. The van der Waals surface area contributed by atoms with Crippen LogP contribution in [0.4, 0.5) is 5.69 Å². The Kier molecular flexibility index (Phi) is 5.34. The number of benzene rings is 2. The first kappa shape index (κ1) is 16.1. The van der Waals surface area contributed by atoms with Gasteiger partial charge in [-0.3, -0.25) is 4.79 Å². The van der Waals surface area contributed by atoms with Crippen molar-refractivity contribution in [3.63, 3.8) is 0 Å². The summed E-state index contributed by atoms with van der Waals surface area (Å²) in [6.45, 7) is 1.44. The molecule has 23 heavy (non-hydrogen) atoms. The summed E-state index contributed by atoms with van der Waals surface area (Å²) in [5, 5.41) is 0. The number of carbonyl (C=O) groups excluding carboxylic acids is 1. The van der Waals surface area contributed by atoms with Gasteiger partial charge in [-0.25, -0.2) is 0 Å². The Morgan fingerprint density at radius 3 is 2.70 bits per heavy atom. The van der Waals surface area contributed by atoms with Crippen LogP contribution in [-0.2, 0) is 11.2 Å². The summed E-state index contributed by atoms with van der Waals surface area (Å²) in [6, 6.07) is 16.0. The summed E-state index contributed by atoms with van der Waals surface area (Å²) in [6.07, 6.45) is 3.31. The van der Waals surface area contributed by atoms with Gasteiger partial charge >= 0.3 is 0 Å². The average molecular weight is 374 g/mol. The Morgan fingerprint density at radius 2 is 1.87 bits per heavy atom. The quantitative estimate of drug-likeness (QED) is 0.693. The number of ether oxygens (including phenoxy) is 1. The number of hydrogen-bond acceptors (Lipinski definition) is 2. The SMILES string of the molecule is O=C1CCc2cc(Br)ccc2N1CCCCOc1ccccc1. The van der Waals surface area contributed by atoms with Gasteiger partial charge in [0, 0.05) is 23.1 Å². The lowest BCUT2D eigenvalue weighted by Gasteiger charge is -2.29. The summed E-state index contributed by atoms with van der Waals surface area (Å²) in [5.74, 6) is 1.13. The van der Waals surface area contributed by atoms with E-state index in [1.807, 2.05) is 47.4 Å². The third-order valence-corrected chi connectivity index (χ3v) is 4.52. The van der Waals surface area contributed by atoms with Crippen LogP contribution in [0.25, 0.3) is 0 Å². The first-order chi connectivity index (χ1) is 11.2. The topological polar surface area (TPSA) is 29.5 Å². The lowest BCUT2D eigenvalue weighted by Crippen LogP contribution is -2.36. The van der Waals surface area contributed by atoms with Crippen molar-refractivity contribution in [3.8, 4) is 5.75 Å². The van der Waals surface area contributed by atoms with Crippen molar-refractivity contribution in [2.45, 2.75) is 25.7 Å². The van der Waals surface area contributed by atoms with Gasteiger partial charge in [0.15, 0.2) is 0 Å². The van der Waals surface area contributed by atoms with E-state index < -0.39 is 0 Å². The molecule has 0 unspecified atom stereocenters. The number of para-hydroxylation sites is 1. The van der Waals surface area contributed by atoms with E-state index in [0.717, 1.165) is 41.7 Å². The van der Waals surface area contributed by atoms with Crippen LogP contribution in [0.3, 0.4) is 0 Å². The maximum atomic E-state index is 12.2. The first-order valence-corrected chi connectivity index (χ1v) is 8.80. The second-order valence-electron chi connectivity index (χ2n) is 5.69. The van der Waals surface area contributed by atoms with Crippen molar-refractivity contribution in [3.05, 3.63) is 58.6 Å². The van der Waals surface area contributed by atoms with Gasteiger partial charge < -0.3 is 9.64 Å². The van der Waals surface area contributed by atoms with E-state index in [4.69, 9.17) is 4.74 Å². The molecular weight excluding hydrogens is 354 g/mol. The molecule has 0 aliphatic carbocycles. The van der Waals surface area contributed by atoms with Crippen molar-refractivity contribution in [2.75, 3.05) is 18.1 Å². The van der Waals surface area contributed by atoms with Crippen molar-refractivity contribution in [2.24, 2.45) is 0 Å². The zero-order chi connectivity index (χ0) is 16.1. The molecule has 3 rings (SSSR count). The molecule has 0 fully saturated rings. The van der Waals surface area contributed by atoms with Crippen LogP contribution in [0.1, 0.15) is 24.8 Å². The van der Waals surface area contributed by atoms with Crippen LogP contribution in [0.15, 0.2) is 53.0 Å². The van der Waals surface area contributed by atoms with Crippen LogP contribution in [0.5, 0.6) is 5.75 Å². The van der Waals surface area contributed by atoms with E-state index in [2.05, 4.69) is 22.0 Å². The number of fused-ring (bicyclic) bond motifs is 1. The minimum absolute atomic E-state index is 0.226. The molecule has 4 heteroatoms. The maximum Gasteiger partial charge on any atom is 0.227 e. The molecule has 0 aromatic heterocycles. The van der Waals surface area contributed by atoms with E-state index in [0.29, 0.717) is 13.0 Å². The molecule has 2 aromatic carbocycles. The molecule has 1 heterocycles. The minimum Gasteiger partial charge on any atom is -0.494 e. The van der Waals surface area contributed by atoms with E-state index in [1.165, 1.54) is 5.56 Å². The third kappa shape index (κ3) is 4.14. The first-order valence-electron chi connectivity index (χ1n) is 8.01. The Labute approximate surface area is 145 Å². The average Bonchev–Trinajstić information content (AvgIpc) is 2.57. The largest absolute Gasteiger partial charge is 0.494 e. The normalized spacial score (nSPS) is 13.8. The Balaban J connectivity index is 1.51. The van der Waals surface area contributed by atoms with Gasteiger partial charge in [-0.1, -0.05) is 34.1 Å². The second-order valence-corrected chi connectivity index (χ2v) is 6.60. The fraction of sp³-hybridized carbons (Fsp3) is 0.316. The lowest BCUT2D eigenvalue weighted by atomic mass is 10.0. The molecule has 0 atom stereocenters. The fourth-order valence-electron chi connectivity index (χ4n) is 2.85. The Morgan fingerprint density at radius 1 is 1.04 bits per heavy atom. The molecule has 120 valence electrons. The molecule has 0 N–H and O–H groups in total. The number of aryl methyl sites for hydroxylation is 1. The molecular formula is C19H20BrNO2. The number of amides is 1. The summed E-state index contributed by atoms with van der Waals surface area (Å²) in [4.78, 5) is 14.1. The lowest BCUT2D eigenvalue weighted by molar-refractivity contribution is -0.118. The van der Waals surface area contributed by atoms with Crippen LogP contribution < -0.4 is 9.64 Å². The molecule has 1 amide bonds. The molecule has 2 aromatic rings. The van der Waals surface area contributed by atoms with Gasteiger partial charge in [0.05, 0.1) is 6.61 Å². The molecule has 1 aliphatic rings. The van der Waals surface area contributed by atoms with Crippen molar-refractivity contribution < 1.29 is 9.53 Å². The minimum atomic E-state index is 0.226. The zero-order valence-electron chi connectivity index (χ0n) is 13.0. The van der Waals surface area contributed by atoms with Crippen molar-refractivity contribution in [1.29, 1.82) is 0 Å². The number of anilines is 1. The van der Waals surface area contributed by atoms with E-state index in [1.54, 1.807) is 0 Å². The monoisotopic (exact) mass is 373 g/mol. The fourth-order valence-corrected chi connectivity index (χ4v) is 3.26. The predicted octanol–water partition coefficient (Wildman–Crippen LogP) is 4.59. The highest BCUT2D eigenvalue weighted by atomic mass is 79.9. The summed E-state index contributed by atoms with van der Waals surface area (Å²) in [7, 11) is 0. The highest BCUT2D eigenvalue weighted by molar-refractivity contribution is 9.10. The Bertz CT molecular complexity index is 672. The van der Waals surface area contributed by atoms with Crippen LogP contribution in [-0.4, -0.2) is 19.1 Å². The molecule has 0 spiro atoms. The van der Waals surface area contributed by atoms with Gasteiger partial charge in [0.25, 0.3) is 0 Å². The molecule has 3 nitrogen and oxygen atoms in total. The number of halogens is 1. The molecule has 0 saturated heterocycles. The smallest absolute Gasteiger partial charge is 0.227 e. The van der Waals surface area contributed by atoms with Gasteiger partial charge in [-0.15, -0.1) is 0 Å². The Hall–Kier alpha value is -1.81. The standard InChI is InChI=1S/C19H20BrNO2/c20-16-9-10-18-15(14-16)8-11-19(22)21(18)12-4-5-13-23-17-6-2-1-3-7-17/h1-3,6-7,9-10,14H,4-5,8,11-13H2. The van der Waals surface area contributed by atoms with Crippen LogP contribution in [0, 0.1) is 0 Å². The van der Waals surface area contributed by atoms with Crippen LogP contribution in [0.2, 0.25) is 0 Å². The van der Waals surface area contributed by atoms with E-state index >= 15 is 0 Å². The van der Waals surface area contributed by atoms with Crippen molar-refractivity contribution >= 4 is 27.5 Å². The number of rotatable bonds is 6. The molecule has 0 bridgehead atoms. The highest BCUT2D eigenvalue weighted by Gasteiger charge is 2.23. The number of nitrogens with zero attached hydrogens (tertiary/aromatic N) is 1. The van der Waals surface area contributed by atoms with Crippen molar-refractivity contribution in [1.82, 2.24) is 0 Å². The third-order valence-electron chi connectivity index (χ3n) is 4.03. The zero-order valence-corrected chi connectivity index (χ0v) is 14.6. The van der Waals surface area contributed by atoms with Gasteiger partial charge in [0.1, 0.15) is 5.75 Å². The molecule has 0 saturated carbocycles. The molecule has 0 radical (unpaired) electrons. The van der Waals surface area contributed by atoms with Crippen LogP contribution >= 0.6 is 15.9 Å². The summed E-state index contributed by atoms with van der Waals surface area (Å²) < 4.78 is 6.77. The van der Waals surface area contributed by atoms with E-state index in [9.17, 15) is 4.79 Å². The maximum absolute atomic E-state index is 12.2. The number of unbranched alkanes of at least 4 members (excludes halogenated alkanes) is 1. The number of carbonyl (C=O) groups is 1.